The molecule has 2 aromatic rings. The third kappa shape index (κ3) is 4.50. The summed E-state index contributed by atoms with van der Waals surface area (Å²) in [6, 6.07) is 8.20. The Morgan fingerprint density at radius 3 is 2.56 bits per heavy atom. The van der Waals surface area contributed by atoms with Crippen LogP contribution in [0.5, 0.6) is 0 Å². The van der Waals surface area contributed by atoms with Crippen molar-refractivity contribution in [3.8, 4) is 0 Å². The highest BCUT2D eigenvalue weighted by Crippen LogP contribution is 2.29. The summed E-state index contributed by atoms with van der Waals surface area (Å²) in [6.07, 6.45) is -2.74. The van der Waals surface area contributed by atoms with Gasteiger partial charge in [0.1, 0.15) is 5.76 Å². The summed E-state index contributed by atoms with van der Waals surface area (Å²) in [5, 5.41) is 0. The zero-order valence-electron chi connectivity index (χ0n) is 14.7. The predicted molar refractivity (Wildman–Crippen MR) is 90.2 cm³/mol. The van der Waals surface area contributed by atoms with Crippen molar-refractivity contribution in [2.45, 2.75) is 25.7 Å². The molecule has 5 nitrogen and oxygen atoms in total. The molecule has 8 heteroatoms. The monoisotopic (exact) mass is 380 g/mol. The van der Waals surface area contributed by atoms with E-state index >= 15 is 0 Å². The van der Waals surface area contributed by atoms with Crippen LogP contribution in [0.1, 0.15) is 23.3 Å². The van der Waals surface area contributed by atoms with Gasteiger partial charge in [-0.05, 0) is 29.8 Å². The minimum Gasteiger partial charge on any atom is -0.467 e. The molecule has 0 spiro atoms. The Morgan fingerprint density at radius 2 is 1.96 bits per heavy atom. The lowest BCUT2D eigenvalue weighted by Gasteiger charge is -2.21. The molecule has 0 radical (unpaired) electrons. The number of nitrogens with zero attached hydrogens (tertiary/aromatic N) is 2. The van der Waals surface area contributed by atoms with Gasteiger partial charge in [0.25, 0.3) is 0 Å². The summed E-state index contributed by atoms with van der Waals surface area (Å²) in [7, 11) is 1.58. The number of hydrogen-bond acceptors (Lipinski definition) is 3. The van der Waals surface area contributed by atoms with Gasteiger partial charge in [-0.2, -0.15) is 13.2 Å². The van der Waals surface area contributed by atoms with Crippen molar-refractivity contribution < 1.29 is 27.2 Å². The van der Waals surface area contributed by atoms with Gasteiger partial charge in [-0.15, -0.1) is 0 Å². The fraction of sp³-hybridized carbons (Fsp3) is 0.368. The van der Waals surface area contributed by atoms with Crippen LogP contribution in [0, 0.1) is 5.92 Å². The van der Waals surface area contributed by atoms with Gasteiger partial charge in [-0.1, -0.05) is 12.1 Å². The molecular weight excluding hydrogens is 361 g/mol. The van der Waals surface area contributed by atoms with Gasteiger partial charge < -0.3 is 14.2 Å². The van der Waals surface area contributed by atoms with Gasteiger partial charge in [-0.25, -0.2) is 0 Å². The van der Waals surface area contributed by atoms with Gasteiger partial charge in [0.15, 0.2) is 0 Å². The lowest BCUT2D eigenvalue weighted by molar-refractivity contribution is -0.137. The van der Waals surface area contributed by atoms with E-state index in [9.17, 15) is 22.8 Å². The van der Waals surface area contributed by atoms with Crippen LogP contribution >= 0.6 is 0 Å². The summed E-state index contributed by atoms with van der Waals surface area (Å²) in [5.74, 6) is -0.139. The molecule has 1 fully saturated rings. The minimum atomic E-state index is -4.39. The number of carbonyl (C=O) groups is 2. The smallest absolute Gasteiger partial charge is 0.416 e. The van der Waals surface area contributed by atoms with Crippen molar-refractivity contribution in [2.24, 2.45) is 5.92 Å². The second kappa shape index (κ2) is 7.46. The summed E-state index contributed by atoms with van der Waals surface area (Å²) in [4.78, 5) is 27.8. The normalized spacial score (nSPS) is 17.4. The number of halogens is 3. The number of carbonyl (C=O) groups excluding carboxylic acids is 2. The third-order valence-corrected chi connectivity index (χ3v) is 4.57. The van der Waals surface area contributed by atoms with Crippen LogP contribution in [0.25, 0.3) is 0 Å². The second-order valence-electron chi connectivity index (χ2n) is 6.64. The Labute approximate surface area is 154 Å². The number of likely N-dealkylation sites (tertiary alicyclic amines) is 1. The zero-order chi connectivity index (χ0) is 19.6. The molecule has 2 amide bonds. The van der Waals surface area contributed by atoms with Crippen molar-refractivity contribution in [1.82, 2.24) is 9.80 Å². The van der Waals surface area contributed by atoms with Gasteiger partial charge in [0.2, 0.25) is 11.8 Å². The molecule has 0 unspecified atom stereocenters. The molecule has 27 heavy (non-hydrogen) atoms. The molecule has 0 N–H and O–H groups in total. The molecular formula is C19H19F3N2O3. The van der Waals surface area contributed by atoms with Crippen LogP contribution in [0.15, 0.2) is 47.1 Å². The fourth-order valence-corrected chi connectivity index (χ4v) is 3.14. The summed E-state index contributed by atoms with van der Waals surface area (Å²) < 4.78 is 43.1. The number of furan rings is 1. The molecule has 1 saturated heterocycles. The molecule has 2 heterocycles. The summed E-state index contributed by atoms with van der Waals surface area (Å²) in [5.41, 5.74) is -0.134. The van der Waals surface area contributed by atoms with Crippen molar-refractivity contribution in [2.75, 3.05) is 13.6 Å². The molecule has 1 aromatic heterocycles. The van der Waals surface area contributed by atoms with Crippen molar-refractivity contribution in [3.63, 3.8) is 0 Å². The molecule has 3 rings (SSSR count). The van der Waals surface area contributed by atoms with E-state index in [2.05, 4.69) is 0 Å². The molecule has 0 saturated carbocycles. The van der Waals surface area contributed by atoms with Crippen LogP contribution in [0.3, 0.4) is 0 Å². The maximum absolute atomic E-state index is 12.6. The highest BCUT2D eigenvalue weighted by molar-refractivity contribution is 5.89. The molecule has 1 aromatic carbocycles. The first-order chi connectivity index (χ1) is 12.7. The number of benzene rings is 1. The van der Waals surface area contributed by atoms with Gasteiger partial charge in [0.05, 0.1) is 24.3 Å². The number of alkyl halides is 3. The Balaban J connectivity index is 1.58. The minimum absolute atomic E-state index is 0.118. The van der Waals surface area contributed by atoms with Crippen LogP contribution in [-0.4, -0.2) is 35.2 Å². The molecule has 1 aliphatic heterocycles. The van der Waals surface area contributed by atoms with E-state index in [-0.39, 0.29) is 24.8 Å². The third-order valence-electron chi connectivity index (χ3n) is 4.57. The van der Waals surface area contributed by atoms with Crippen molar-refractivity contribution >= 4 is 11.8 Å². The van der Waals surface area contributed by atoms with E-state index in [0.29, 0.717) is 24.4 Å². The largest absolute Gasteiger partial charge is 0.467 e. The predicted octanol–water partition coefficient (Wildman–Crippen LogP) is 3.31. The molecule has 1 atom stereocenters. The highest BCUT2D eigenvalue weighted by Gasteiger charge is 2.36. The summed E-state index contributed by atoms with van der Waals surface area (Å²) in [6.45, 7) is 0.799. The van der Waals surface area contributed by atoms with Gasteiger partial charge >= 0.3 is 6.18 Å². The van der Waals surface area contributed by atoms with E-state index in [0.717, 1.165) is 12.1 Å². The van der Waals surface area contributed by atoms with E-state index in [1.165, 1.54) is 23.3 Å². The lowest BCUT2D eigenvalue weighted by Crippen LogP contribution is -2.34. The number of hydrogen-bond donors (Lipinski definition) is 0. The summed E-state index contributed by atoms with van der Waals surface area (Å²) >= 11 is 0. The van der Waals surface area contributed by atoms with Crippen LogP contribution in [0.2, 0.25) is 0 Å². The molecule has 0 bridgehead atoms. The lowest BCUT2D eigenvalue weighted by atomic mass is 10.1. The maximum atomic E-state index is 12.6. The average Bonchev–Trinajstić information content (AvgIpc) is 3.24. The Kier molecular flexibility index (Phi) is 5.25. The quantitative estimate of drug-likeness (QED) is 0.800. The Hall–Kier alpha value is -2.77. The second-order valence-corrected chi connectivity index (χ2v) is 6.64. The van der Waals surface area contributed by atoms with Crippen molar-refractivity contribution in [3.05, 3.63) is 59.5 Å². The van der Waals surface area contributed by atoms with E-state index in [1.54, 1.807) is 24.1 Å². The first-order valence-corrected chi connectivity index (χ1v) is 8.45. The maximum Gasteiger partial charge on any atom is 0.416 e. The van der Waals surface area contributed by atoms with Crippen LogP contribution in [0.4, 0.5) is 13.2 Å². The van der Waals surface area contributed by atoms with E-state index < -0.39 is 17.7 Å². The SMILES string of the molecule is CN(Cc1ccc(C(F)(F)F)cc1)C(=O)[C@@H]1CC(=O)N(Cc2ccco2)C1. The zero-order valence-corrected chi connectivity index (χ0v) is 14.7. The van der Waals surface area contributed by atoms with Crippen LogP contribution in [-0.2, 0) is 28.9 Å². The van der Waals surface area contributed by atoms with Gasteiger partial charge in [0, 0.05) is 26.6 Å². The molecule has 0 aliphatic carbocycles. The van der Waals surface area contributed by atoms with E-state index in [4.69, 9.17) is 4.42 Å². The standard InChI is InChI=1S/C19H19F3N2O3/c1-23(10-13-4-6-15(7-5-13)19(20,21)22)18(26)14-9-17(25)24(11-14)12-16-3-2-8-27-16/h2-8,14H,9-12H2,1H3/t14-/m1/s1. The Morgan fingerprint density at radius 1 is 1.26 bits per heavy atom. The van der Waals surface area contributed by atoms with Gasteiger partial charge in [-0.3, -0.25) is 9.59 Å². The Bertz CT molecular complexity index is 801. The highest BCUT2D eigenvalue weighted by atomic mass is 19.4. The number of amides is 2. The topological polar surface area (TPSA) is 53.8 Å². The van der Waals surface area contributed by atoms with Crippen molar-refractivity contribution in [1.29, 1.82) is 0 Å². The molecule has 144 valence electrons. The average molecular weight is 380 g/mol. The van der Waals surface area contributed by atoms with Crippen LogP contribution < -0.4 is 0 Å². The first-order valence-electron chi connectivity index (χ1n) is 8.45. The fourth-order valence-electron chi connectivity index (χ4n) is 3.14. The van der Waals surface area contributed by atoms with E-state index in [1.807, 2.05) is 0 Å². The number of rotatable bonds is 5. The molecule has 1 aliphatic rings. The first kappa shape index (κ1) is 19.0.